The fourth-order valence-corrected chi connectivity index (χ4v) is 2.78. The van der Waals surface area contributed by atoms with Crippen molar-refractivity contribution in [2.24, 2.45) is 5.92 Å². The van der Waals surface area contributed by atoms with Crippen molar-refractivity contribution in [3.63, 3.8) is 0 Å². The Kier molecular flexibility index (Phi) is 6.42. The molecular weight excluding hydrogens is 298 g/mol. The van der Waals surface area contributed by atoms with Gasteiger partial charge in [-0.1, -0.05) is 61.9 Å². The number of carbonyl (C=O) groups is 1. The predicted octanol–water partition coefficient (Wildman–Crippen LogP) is 4.59. The van der Waals surface area contributed by atoms with E-state index in [1.165, 1.54) is 5.56 Å². The van der Waals surface area contributed by atoms with Crippen molar-refractivity contribution < 1.29 is 9.53 Å². The van der Waals surface area contributed by atoms with Crippen LogP contribution >= 0.6 is 0 Å². The summed E-state index contributed by atoms with van der Waals surface area (Å²) < 4.78 is 5.68. The number of aryl methyl sites for hydroxylation is 2. The number of hydrogen-bond donors (Lipinski definition) is 1. The van der Waals surface area contributed by atoms with E-state index in [-0.39, 0.29) is 18.6 Å². The van der Waals surface area contributed by atoms with Gasteiger partial charge in [-0.25, -0.2) is 0 Å². The van der Waals surface area contributed by atoms with E-state index >= 15 is 0 Å². The monoisotopic (exact) mass is 325 g/mol. The first-order valence-electron chi connectivity index (χ1n) is 8.50. The molecule has 2 aromatic carbocycles. The fourth-order valence-electron chi connectivity index (χ4n) is 2.78. The van der Waals surface area contributed by atoms with E-state index in [1.807, 2.05) is 44.2 Å². The molecule has 1 atom stereocenters. The molecule has 2 aromatic rings. The Morgan fingerprint density at radius 1 is 1.08 bits per heavy atom. The lowest BCUT2D eigenvalue weighted by molar-refractivity contribution is -0.124. The van der Waals surface area contributed by atoms with E-state index < -0.39 is 0 Å². The van der Waals surface area contributed by atoms with Crippen molar-refractivity contribution in [3.8, 4) is 5.75 Å². The minimum Gasteiger partial charge on any atom is -0.484 e. The van der Waals surface area contributed by atoms with Crippen molar-refractivity contribution in [2.45, 2.75) is 40.2 Å². The minimum atomic E-state index is -0.0931. The third-order valence-corrected chi connectivity index (χ3v) is 3.93. The molecule has 128 valence electrons. The van der Waals surface area contributed by atoms with Crippen LogP contribution in [0.25, 0.3) is 0 Å². The van der Waals surface area contributed by atoms with Crippen molar-refractivity contribution in [2.75, 3.05) is 6.61 Å². The Hall–Kier alpha value is -2.29. The lowest BCUT2D eigenvalue weighted by Gasteiger charge is -2.21. The predicted molar refractivity (Wildman–Crippen MR) is 98.2 cm³/mol. The number of benzene rings is 2. The van der Waals surface area contributed by atoms with E-state index in [0.717, 1.165) is 23.3 Å². The quantitative estimate of drug-likeness (QED) is 0.809. The highest BCUT2D eigenvalue weighted by Gasteiger charge is 2.16. The maximum absolute atomic E-state index is 12.3. The molecule has 0 unspecified atom stereocenters. The molecule has 1 amide bonds. The summed E-state index contributed by atoms with van der Waals surface area (Å²) in [6.45, 7) is 8.39. The van der Waals surface area contributed by atoms with Crippen LogP contribution in [0.15, 0.2) is 48.5 Å². The molecule has 24 heavy (non-hydrogen) atoms. The van der Waals surface area contributed by atoms with E-state index in [1.54, 1.807) is 0 Å². The van der Waals surface area contributed by atoms with Crippen LogP contribution in [0.2, 0.25) is 0 Å². The average molecular weight is 325 g/mol. The molecule has 0 radical (unpaired) electrons. The Morgan fingerprint density at radius 2 is 1.79 bits per heavy atom. The molecule has 0 saturated carbocycles. The number of amides is 1. The van der Waals surface area contributed by atoms with Gasteiger partial charge in [0.2, 0.25) is 0 Å². The normalized spacial score (nSPS) is 12.0. The van der Waals surface area contributed by atoms with Gasteiger partial charge in [0.25, 0.3) is 5.91 Å². The Labute approximate surface area is 145 Å². The molecule has 0 aromatic heterocycles. The third kappa shape index (κ3) is 5.41. The van der Waals surface area contributed by atoms with E-state index in [4.69, 9.17) is 4.74 Å². The van der Waals surface area contributed by atoms with Crippen LogP contribution in [0.5, 0.6) is 5.75 Å². The van der Waals surface area contributed by atoms with E-state index in [0.29, 0.717) is 5.92 Å². The zero-order valence-electron chi connectivity index (χ0n) is 15.0. The van der Waals surface area contributed by atoms with Gasteiger partial charge in [0.05, 0.1) is 6.04 Å². The molecule has 2 rings (SSSR count). The molecule has 0 aliphatic heterocycles. The van der Waals surface area contributed by atoms with Gasteiger partial charge < -0.3 is 10.1 Å². The highest BCUT2D eigenvalue weighted by atomic mass is 16.5. The van der Waals surface area contributed by atoms with Crippen molar-refractivity contribution in [1.82, 2.24) is 5.32 Å². The lowest BCUT2D eigenvalue weighted by atomic mass is 9.97. The highest BCUT2D eigenvalue weighted by Crippen LogP contribution is 2.21. The molecule has 0 saturated heterocycles. The Balaban J connectivity index is 1.97. The second kappa shape index (κ2) is 8.53. The number of carbonyl (C=O) groups excluding carboxylic acids is 1. The van der Waals surface area contributed by atoms with Crippen molar-refractivity contribution >= 4 is 5.91 Å². The fraction of sp³-hybridized carbons (Fsp3) is 0.381. The molecular formula is C21H27NO2. The van der Waals surface area contributed by atoms with Crippen LogP contribution in [0, 0.1) is 19.8 Å². The standard InChI is InChI=1S/C21H27NO2/c1-15(2)12-19(18-8-6-5-7-9-18)22-21(23)14-24-20-11-10-16(3)13-17(20)4/h5-11,13,15,19H,12,14H2,1-4H3,(H,22,23)/t19-/m0/s1. The van der Waals surface area contributed by atoms with Gasteiger partial charge in [-0.3, -0.25) is 4.79 Å². The van der Waals surface area contributed by atoms with Crippen LogP contribution in [-0.2, 0) is 4.79 Å². The van der Waals surface area contributed by atoms with Gasteiger partial charge in [0.1, 0.15) is 5.75 Å². The van der Waals surface area contributed by atoms with Crippen LogP contribution in [0.3, 0.4) is 0 Å². The van der Waals surface area contributed by atoms with Gasteiger partial charge in [-0.15, -0.1) is 0 Å². The second-order valence-electron chi connectivity index (χ2n) is 6.72. The highest BCUT2D eigenvalue weighted by molar-refractivity contribution is 5.78. The van der Waals surface area contributed by atoms with E-state index in [9.17, 15) is 4.79 Å². The number of rotatable bonds is 7. The molecule has 0 bridgehead atoms. The molecule has 0 spiro atoms. The molecule has 1 N–H and O–H groups in total. The summed E-state index contributed by atoms with van der Waals surface area (Å²) in [4.78, 5) is 12.3. The maximum Gasteiger partial charge on any atom is 0.258 e. The van der Waals surface area contributed by atoms with Crippen LogP contribution < -0.4 is 10.1 Å². The smallest absolute Gasteiger partial charge is 0.258 e. The summed E-state index contributed by atoms with van der Waals surface area (Å²) in [5.74, 6) is 1.16. The summed E-state index contributed by atoms with van der Waals surface area (Å²) in [6.07, 6.45) is 0.902. The summed E-state index contributed by atoms with van der Waals surface area (Å²) >= 11 is 0. The number of ether oxygens (including phenoxy) is 1. The SMILES string of the molecule is Cc1ccc(OCC(=O)N[C@@H](CC(C)C)c2ccccc2)c(C)c1. The van der Waals surface area contributed by atoms with Crippen LogP contribution in [-0.4, -0.2) is 12.5 Å². The minimum absolute atomic E-state index is 0.0152. The van der Waals surface area contributed by atoms with Gasteiger partial charge in [-0.2, -0.15) is 0 Å². The Bertz CT molecular complexity index is 665. The van der Waals surface area contributed by atoms with Crippen molar-refractivity contribution in [1.29, 1.82) is 0 Å². The third-order valence-electron chi connectivity index (χ3n) is 3.93. The molecule has 0 heterocycles. The first-order chi connectivity index (χ1) is 11.5. The first kappa shape index (κ1) is 18.1. The molecule has 0 fully saturated rings. The first-order valence-corrected chi connectivity index (χ1v) is 8.50. The molecule has 0 aliphatic rings. The van der Waals surface area contributed by atoms with Crippen molar-refractivity contribution in [3.05, 3.63) is 65.2 Å². The van der Waals surface area contributed by atoms with Gasteiger partial charge >= 0.3 is 0 Å². The zero-order valence-corrected chi connectivity index (χ0v) is 15.0. The van der Waals surface area contributed by atoms with Gasteiger partial charge in [0, 0.05) is 0 Å². The van der Waals surface area contributed by atoms with Gasteiger partial charge in [0.15, 0.2) is 6.61 Å². The van der Waals surface area contributed by atoms with Crippen LogP contribution in [0.4, 0.5) is 0 Å². The zero-order chi connectivity index (χ0) is 17.5. The largest absolute Gasteiger partial charge is 0.484 e. The van der Waals surface area contributed by atoms with Gasteiger partial charge in [-0.05, 0) is 43.4 Å². The summed E-state index contributed by atoms with van der Waals surface area (Å²) in [5.41, 5.74) is 3.36. The lowest BCUT2D eigenvalue weighted by Crippen LogP contribution is -2.33. The molecule has 0 aliphatic carbocycles. The molecule has 3 heteroatoms. The second-order valence-corrected chi connectivity index (χ2v) is 6.72. The summed E-state index contributed by atoms with van der Waals surface area (Å²) in [5, 5.41) is 3.10. The number of hydrogen-bond acceptors (Lipinski definition) is 2. The van der Waals surface area contributed by atoms with E-state index in [2.05, 4.69) is 37.4 Å². The average Bonchev–Trinajstić information content (AvgIpc) is 2.54. The summed E-state index contributed by atoms with van der Waals surface area (Å²) in [6, 6.07) is 16.1. The molecule has 3 nitrogen and oxygen atoms in total. The topological polar surface area (TPSA) is 38.3 Å². The Morgan fingerprint density at radius 3 is 2.42 bits per heavy atom. The number of nitrogens with one attached hydrogen (secondary N) is 1. The summed E-state index contributed by atoms with van der Waals surface area (Å²) in [7, 11) is 0. The maximum atomic E-state index is 12.3. The van der Waals surface area contributed by atoms with Crippen LogP contribution in [0.1, 0.15) is 43.0 Å².